The molecule has 0 heterocycles. The molecule has 3 atom stereocenters. The molecule has 31 heavy (non-hydrogen) atoms. The first-order chi connectivity index (χ1) is 14.4. The summed E-state index contributed by atoms with van der Waals surface area (Å²) >= 11 is 6.56. The van der Waals surface area contributed by atoms with Gasteiger partial charge in [-0.15, -0.1) is 0 Å². The second-order valence-electron chi connectivity index (χ2n) is 10.7. The third-order valence-corrected chi connectivity index (χ3v) is 7.63. The number of benzene rings is 1. The second kappa shape index (κ2) is 11.3. The molecule has 1 aliphatic carbocycles. The van der Waals surface area contributed by atoms with Crippen LogP contribution in [0.15, 0.2) is 18.2 Å². The summed E-state index contributed by atoms with van der Waals surface area (Å²) in [4.78, 5) is 12.2. The van der Waals surface area contributed by atoms with Crippen LogP contribution in [0.1, 0.15) is 104 Å². The Morgan fingerprint density at radius 1 is 1.13 bits per heavy atom. The van der Waals surface area contributed by atoms with Crippen molar-refractivity contribution in [2.24, 2.45) is 5.92 Å². The summed E-state index contributed by atoms with van der Waals surface area (Å²) in [6.45, 7) is 11.7. The molecule has 1 aliphatic rings. The van der Waals surface area contributed by atoms with Crippen LogP contribution in [0.3, 0.4) is 0 Å². The van der Waals surface area contributed by atoms with E-state index in [0.29, 0.717) is 12.3 Å². The molecule has 0 bridgehead atoms. The Morgan fingerprint density at radius 2 is 1.84 bits per heavy atom. The molecule has 1 unspecified atom stereocenters. The van der Waals surface area contributed by atoms with E-state index in [1.165, 1.54) is 5.56 Å². The normalized spacial score (nSPS) is 21.8. The van der Waals surface area contributed by atoms with Crippen molar-refractivity contribution in [2.45, 2.75) is 109 Å². The number of fused-ring (bicyclic) bond motifs is 1. The summed E-state index contributed by atoms with van der Waals surface area (Å²) in [6, 6.07) is 6.04. The lowest BCUT2D eigenvalue weighted by Gasteiger charge is -2.29. The van der Waals surface area contributed by atoms with Crippen molar-refractivity contribution in [3.63, 3.8) is 0 Å². The highest BCUT2D eigenvalue weighted by atomic mass is 35.5. The zero-order chi connectivity index (χ0) is 23.2. The number of esters is 1. The lowest BCUT2D eigenvalue weighted by atomic mass is 9.85. The quantitative estimate of drug-likeness (QED) is 0.489. The Labute approximate surface area is 196 Å². The van der Waals surface area contributed by atoms with Crippen LogP contribution in [0.25, 0.3) is 0 Å². The van der Waals surface area contributed by atoms with Gasteiger partial charge in [0.25, 0.3) is 0 Å². The molecule has 0 saturated heterocycles. The third kappa shape index (κ3) is 8.86. The number of hydrogen-bond acceptors (Lipinski definition) is 3. The number of ether oxygens (including phenoxy) is 1. The first-order valence-corrected chi connectivity index (χ1v) is 13.1. The number of carbonyl (C=O) groups excluding carboxylic acids is 1. The van der Waals surface area contributed by atoms with Crippen LogP contribution in [-0.4, -0.2) is 20.5 Å². The summed E-state index contributed by atoms with van der Waals surface area (Å²) in [7, 11) is -1.17. The smallest absolute Gasteiger partial charge is 0.306 e. The minimum atomic E-state index is -1.17. The van der Waals surface area contributed by atoms with Crippen LogP contribution in [-0.2, 0) is 26.9 Å². The molecule has 1 aromatic carbocycles. The highest BCUT2D eigenvalue weighted by molar-refractivity contribution is 7.84. The van der Waals surface area contributed by atoms with Gasteiger partial charge in [-0.2, -0.15) is 0 Å². The van der Waals surface area contributed by atoms with Crippen molar-refractivity contribution < 1.29 is 13.7 Å². The standard InChI is InChI=1S/C25H40ClNO3S/c1-24(2,3)30-23(28)17-15-18-10-7-8-11-19-20(12-9-13-21(19)26)22(16-14-18)27-31(29)25(4,5)6/h9,12-13,18,22,27H,7-8,10-11,14-17H2,1-6H3/t18?,22-,31+/m0/s1. The van der Waals surface area contributed by atoms with Gasteiger partial charge in [0.05, 0.1) is 15.7 Å². The van der Waals surface area contributed by atoms with E-state index in [4.69, 9.17) is 16.3 Å². The number of halogens is 1. The van der Waals surface area contributed by atoms with Crippen molar-refractivity contribution in [1.29, 1.82) is 0 Å². The van der Waals surface area contributed by atoms with Crippen LogP contribution in [0.5, 0.6) is 0 Å². The van der Waals surface area contributed by atoms with Gasteiger partial charge in [0, 0.05) is 17.5 Å². The number of nitrogens with one attached hydrogen (secondary N) is 1. The average molecular weight is 470 g/mol. The first kappa shape index (κ1) is 26.3. The predicted molar refractivity (Wildman–Crippen MR) is 131 cm³/mol. The minimum Gasteiger partial charge on any atom is -0.460 e. The predicted octanol–water partition coefficient (Wildman–Crippen LogP) is 6.68. The van der Waals surface area contributed by atoms with Gasteiger partial charge in [-0.1, -0.05) is 36.6 Å². The van der Waals surface area contributed by atoms with Crippen molar-refractivity contribution in [1.82, 2.24) is 4.72 Å². The maximum Gasteiger partial charge on any atom is 0.306 e. The van der Waals surface area contributed by atoms with Crippen LogP contribution in [0, 0.1) is 5.92 Å². The van der Waals surface area contributed by atoms with Crippen LogP contribution >= 0.6 is 11.6 Å². The number of rotatable bonds is 5. The second-order valence-corrected chi connectivity index (χ2v) is 13.1. The van der Waals surface area contributed by atoms with Gasteiger partial charge >= 0.3 is 5.97 Å². The highest BCUT2D eigenvalue weighted by Gasteiger charge is 2.27. The van der Waals surface area contributed by atoms with E-state index in [0.717, 1.165) is 55.5 Å². The maximum absolute atomic E-state index is 12.9. The fourth-order valence-corrected chi connectivity index (χ4v) is 5.17. The molecule has 0 amide bonds. The largest absolute Gasteiger partial charge is 0.460 e. The molecule has 6 heteroatoms. The molecule has 0 spiro atoms. The molecular weight excluding hydrogens is 430 g/mol. The van der Waals surface area contributed by atoms with E-state index < -0.39 is 16.6 Å². The van der Waals surface area contributed by atoms with Crippen molar-refractivity contribution >= 4 is 28.6 Å². The average Bonchev–Trinajstić information content (AvgIpc) is 2.64. The van der Waals surface area contributed by atoms with Gasteiger partial charge in [-0.3, -0.25) is 4.79 Å². The van der Waals surface area contributed by atoms with Crippen molar-refractivity contribution in [3.8, 4) is 0 Å². The molecule has 176 valence electrons. The van der Waals surface area contributed by atoms with E-state index >= 15 is 0 Å². The monoisotopic (exact) mass is 469 g/mol. The molecular formula is C25H40ClNO3S. The van der Waals surface area contributed by atoms with Gasteiger partial charge in [0.2, 0.25) is 0 Å². The topological polar surface area (TPSA) is 55.4 Å². The van der Waals surface area contributed by atoms with Gasteiger partial charge in [0.15, 0.2) is 0 Å². The Balaban J connectivity index is 2.16. The highest BCUT2D eigenvalue weighted by Crippen LogP contribution is 2.34. The Hall–Kier alpha value is -0.910. The SMILES string of the molecule is CC(C)(C)OC(=O)CCC1CCCCc2c(Cl)cccc2[C@@H](N[S@](=O)C(C)(C)C)CC1. The van der Waals surface area contributed by atoms with Gasteiger partial charge < -0.3 is 4.74 Å². The van der Waals surface area contributed by atoms with Gasteiger partial charge in [-0.05, 0) is 96.8 Å². The van der Waals surface area contributed by atoms with Crippen LogP contribution < -0.4 is 4.72 Å². The summed E-state index contributed by atoms with van der Waals surface area (Å²) in [6.07, 6.45) is 7.35. The lowest BCUT2D eigenvalue weighted by Crippen LogP contribution is -2.36. The number of carbonyl (C=O) groups is 1. The molecule has 2 rings (SSSR count). The summed E-state index contributed by atoms with van der Waals surface area (Å²) in [5.74, 6) is 0.339. The summed E-state index contributed by atoms with van der Waals surface area (Å²) in [5, 5.41) is 0.799. The van der Waals surface area contributed by atoms with E-state index in [2.05, 4.69) is 10.8 Å². The van der Waals surface area contributed by atoms with E-state index in [1.807, 2.05) is 53.7 Å². The van der Waals surface area contributed by atoms with Crippen LogP contribution in [0.2, 0.25) is 5.02 Å². The molecule has 1 aromatic rings. The van der Waals surface area contributed by atoms with Gasteiger partial charge in [0.1, 0.15) is 5.60 Å². The van der Waals surface area contributed by atoms with E-state index in [1.54, 1.807) is 0 Å². The summed E-state index contributed by atoms with van der Waals surface area (Å²) < 4.78 is 21.5. The zero-order valence-corrected chi connectivity index (χ0v) is 21.6. The van der Waals surface area contributed by atoms with E-state index in [-0.39, 0.29) is 16.8 Å². The Morgan fingerprint density at radius 3 is 2.48 bits per heavy atom. The van der Waals surface area contributed by atoms with Crippen molar-refractivity contribution in [3.05, 3.63) is 34.3 Å². The van der Waals surface area contributed by atoms with E-state index in [9.17, 15) is 9.00 Å². The maximum atomic E-state index is 12.9. The molecule has 0 fully saturated rings. The van der Waals surface area contributed by atoms with Crippen LogP contribution in [0.4, 0.5) is 0 Å². The van der Waals surface area contributed by atoms with Gasteiger partial charge in [-0.25, -0.2) is 8.93 Å². The molecule has 0 saturated carbocycles. The number of hydrogen-bond donors (Lipinski definition) is 1. The zero-order valence-electron chi connectivity index (χ0n) is 20.1. The Bertz CT molecular complexity index is 767. The lowest BCUT2D eigenvalue weighted by molar-refractivity contribution is -0.155. The molecule has 0 aromatic heterocycles. The molecule has 0 aliphatic heterocycles. The fraction of sp³-hybridized carbons (Fsp3) is 0.720. The third-order valence-electron chi connectivity index (χ3n) is 5.67. The molecule has 4 nitrogen and oxygen atoms in total. The fourth-order valence-electron chi connectivity index (χ4n) is 4.03. The summed E-state index contributed by atoms with van der Waals surface area (Å²) in [5.41, 5.74) is 1.90. The van der Waals surface area contributed by atoms with Crippen molar-refractivity contribution in [2.75, 3.05) is 0 Å². The Kier molecular flexibility index (Phi) is 9.59. The molecule has 0 radical (unpaired) electrons. The minimum absolute atomic E-state index is 0.0177. The molecule has 1 N–H and O–H groups in total. The first-order valence-electron chi connectivity index (χ1n) is 11.5.